The highest BCUT2D eigenvalue weighted by Gasteiger charge is 2.24. The summed E-state index contributed by atoms with van der Waals surface area (Å²) >= 11 is 1.47. The molecule has 12 N–H and O–H groups in total. The summed E-state index contributed by atoms with van der Waals surface area (Å²) in [6.07, 6.45) is 1.64. The molecule has 116 heavy (non-hydrogen) atoms. The second-order valence-electron chi connectivity index (χ2n) is 26.3. The first-order valence-electron chi connectivity index (χ1n) is 34.7. The molecule has 4 atom stereocenters. The van der Waals surface area contributed by atoms with E-state index in [1.807, 2.05) is 87.5 Å². The quantitative estimate of drug-likeness (QED) is 0.0282. The van der Waals surface area contributed by atoms with Crippen LogP contribution in [0.2, 0.25) is 0 Å². The number of amides is 4. The molecule has 0 fully saturated rings. The van der Waals surface area contributed by atoms with Gasteiger partial charge in [0.25, 0.3) is 45.9 Å². The van der Waals surface area contributed by atoms with Crippen LogP contribution in [-0.2, 0) is 87.0 Å². The van der Waals surface area contributed by atoms with Crippen molar-refractivity contribution in [2.45, 2.75) is 104 Å². The Morgan fingerprint density at radius 2 is 0.802 bits per heavy atom. The van der Waals surface area contributed by atoms with Crippen molar-refractivity contribution in [3.05, 3.63) is 276 Å². The number of nitrogens with zero attached hydrogens (tertiary/aromatic N) is 24. The number of tetrazole rings is 4. The Balaban J connectivity index is 0.000000152. The van der Waals surface area contributed by atoms with Crippen LogP contribution in [0.3, 0.4) is 0 Å². The number of primary amides is 4. The van der Waals surface area contributed by atoms with Gasteiger partial charge >= 0.3 is 22.8 Å². The van der Waals surface area contributed by atoms with Gasteiger partial charge in [-0.25, -0.2) is 19.2 Å². The molecule has 14 rings (SSSR count). The van der Waals surface area contributed by atoms with Crippen molar-refractivity contribution in [2.75, 3.05) is 6.61 Å². The number of aliphatic hydroxyl groups is 4. The van der Waals surface area contributed by atoms with Crippen molar-refractivity contribution in [1.82, 2.24) is 117 Å². The van der Waals surface area contributed by atoms with E-state index in [9.17, 15) is 78.0 Å². The topological polar surface area (TPSA) is 626 Å². The molecule has 1 aliphatic rings. The van der Waals surface area contributed by atoms with E-state index in [0.29, 0.717) is 29.1 Å². The minimum Gasteiger partial charge on any atom is -0.493 e. The fraction of sp³-hybridized carbons (Fsp3) is 0.304. The second kappa shape index (κ2) is 35.0. The zero-order chi connectivity index (χ0) is 83.8. The lowest BCUT2D eigenvalue weighted by atomic mass is 10.1. The minimum atomic E-state index is -1.02. The summed E-state index contributed by atoms with van der Waals surface area (Å²) in [5.74, 6) is -1.98. The van der Waals surface area contributed by atoms with Gasteiger partial charge in [0.1, 0.15) is 63.8 Å². The van der Waals surface area contributed by atoms with Crippen LogP contribution < -0.4 is 72.7 Å². The van der Waals surface area contributed by atoms with Crippen LogP contribution >= 0.6 is 11.3 Å². The zero-order valence-electron chi connectivity index (χ0n) is 62.7. The summed E-state index contributed by atoms with van der Waals surface area (Å²) in [6.45, 7) is 6.16. The van der Waals surface area contributed by atoms with Gasteiger partial charge in [0, 0.05) is 74.5 Å². The molecular weight excluding hydrogens is 1540 g/mol. The number of furan rings is 1. The number of hydrogen-bond acceptors (Lipinski definition) is 31. The van der Waals surface area contributed by atoms with Crippen LogP contribution in [0, 0.1) is 20.8 Å². The van der Waals surface area contributed by atoms with Crippen LogP contribution in [0.4, 0.5) is 0 Å². The van der Waals surface area contributed by atoms with E-state index in [1.54, 1.807) is 12.1 Å². The molecule has 0 spiro atoms. The Morgan fingerprint density at radius 1 is 0.440 bits per heavy atom. The minimum absolute atomic E-state index is 0.0273. The Hall–Kier alpha value is -14.6. The van der Waals surface area contributed by atoms with Gasteiger partial charge in [-0.1, -0.05) is 54.1 Å². The number of aryl methyl sites for hydroxylation is 3. The fourth-order valence-electron chi connectivity index (χ4n) is 11.5. The molecule has 0 bridgehead atoms. The molecule has 0 radical (unpaired) electrons. The summed E-state index contributed by atoms with van der Waals surface area (Å²) in [5.41, 5.74) is 19.0. The number of aromatic nitrogens is 24. The smallest absolute Gasteiger partial charge is 0.331 e. The number of nitrogens with two attached hydrogens (primary N) is 4. The van der Waals surface area contributed by atoms with E-state index < -0.39 is 93.0 Å². The maximum absolute atomic E-state index is 12.3. The summed E-state index contributed by atoms with van der Waals surface area (Å²) < 4.78 is 18.7. The highest BCUT2D eigenvalue weighted by Crippen LogP contribution is 2.30. The van der Waals surface area contributed by atoms with Crippen molar-refractivity contribution >= 4 is 45.9 Å². The number of carbonyl (C=O) groups is 4. The maximum Gasteiger partial charge on any atom is 0.331 e. The largest absolute Gasteiger partial charge is 0.493 e. The molecule has 0 saturated carbocycles. The first-order valence-corrected chi connectivity index (χ1v) is 35.5. The van der Waals surface area contributed by atoms with Crippen LogP contribution in [0.1, 0.15) is 132 Å². The Labute approximate surface area is 652 Å². The van der Waals surface area contributed by atoms with Gasteiger partial charge < -0.3 is 52.5 Å². The fourth-order valence-corrected chi connectivity index (χ4v) is 12.3. The number of benzene rings is 3. The Bertz CT molecular complexity index is 6420. The highest BCUT2D eigenvalue weighted by molar-refractivity contribution is 7.12. The standard InChI is InChI=1S/C19H19N7O5.C18H19N7O5.C17H19N7O4.C15H17N7O4S/c1-10-3-4-11-6-15(31-14(11)5-10)13(27)8-26-22-16(21-23-26)9-25-7-12(17(20)28)18(29)24(2)19(25)30;1-23-17(28)12(16(19)27)7-24(18(23)29)9-15-20-22-25(21-15)8-13(26)11-3-2-10-4-5-30-14(10)6-11;1-10-3-5-11(6-4-10)13(25)8-24-20-14(19-21-24)9-23-7-12(15(18)26)16(27)22(2)17(23)28;1-8-3-4-11(27-8)10(23)6-22-18-12(17-19-22)7-21-5-9(13(16)24)14(25)20(2)15(21)26/h3-7,13,27H,8-9H2,1-2H3,(H2,20,28);2-3,6-7,13,26H,4-5,8-9H2,1H3,(H2,19,27);3-7,13,25H,8-9H2,1-2H3,(H2,18,26);3-5,10,23H,6-7H2,1-2H3,(H2,16,24)/t3*13-;10-/m0000/s1. The highest BCUT2D eigenvalue weighted by atomic mass is 32.1. The molecular formula is C69H74N28O18S. The van der Waals surface area contributed by atoms with Crippen molar-refractivity contribution in [3.63, 3.8) is 0 Å². The summed E-state index contributed by atoms with van der Waals surface area (Å²) in [4.78, 5) is 149. The molecule has 10 aromatic heterocycles. The maximum atomic E-state index is 12.3. The van der Waals surface area contributed by atoms with E-state index in [2.05, 4.69) is 61.6 Å². The second-order valence-corrected chi connectivity index (χ2v) is 27.7. The zero-order valence-corrected chi connectivity index (χ0v) is 63.5. The molecule has 0 saturated heterocycles. The number of carbonyl (C=O) groups excluding carboxylic acids is 4. The van der Waals surface area contributed by atoms with Gasteiger partial charge in [0.05, 0.1) is 59.0 Å². The van der Waals surface area contributed by atoms with Crippen molar-refractivity contribution < 1.29 is 48.8 Å². The predicted octanol–water partition coefficient (Wildman–Crippen LogP) is -4.67. The van der Waals surface area contributed by atoms with E-state index in [-0.39, 0.29) is 97.9 Å². The average molecular weight is 1620 g/mol. The summed E-state index contributed by atoms with van der Waals surface area (Å²) in [5, 5.41) is 89.8. The first-order chi connectivity index (χ1) is 55.1. The molecule has 11 heterocycles. The van der Waals surface area contributed by atoms with Crippen LogP contribution in [0.5, 0.6) is 5.75 Å². The monoisotopic (exact) mass is 1610 g/mol. The number of ether oxygens (including phenoxy) is 1. The molecule has 0 aliphatic carbocycles. The molecule has 1 aliphatic heterocycles. The number of rotatable bonds is 24. The van der Waals surface area contributed by atoms with Gasteiger partial charge in [-0.3, -0.25) is 74.9 Å². The van der Waals surface area contributed by atoms with Gasteiger partial charge in [-0.15, -0.1) is 52.1 Å². The van der Waals surface area contributed by atoms with Crippen molar-refractivity contribution in [1.29, 1.82) is 0 Å². The molecule has 47 heteroatoms. The SMILES string of the molecule is Cc1ccc([C@@H](O)Cn2nnc(Cn3cc(C(N)=O)c(=O)n(C)c3=O)n2)cc1.Cc1ccc([C@@H](O)Cn2nnc(Cn3cc(C(N)=O)c(=O)n(C)c3=O)n2)s1.Cc1ccc2cc([C@@H](O)Cn3nnc(Cn4cc(C(N)=O)c(=O)n(C)c4=O)n3)oc2c1.Cn1c(=O)c(C(N)=O)cn(Cc2nnn(C[C@H](O)c3ccc4c(c3)OCC4)n2)c1=O. The van der Waals surface area contributed by atoms with Gasteiger partial charge in [-0.2, -0.15) is 19.2 Å². The number of aliphatic hydroxyl groups excluding tert-OH is 4. The van der Waals surface area contributed by atoms with E-state index >= 15 is 0 Å². The van der Waals surface area contributed by atoms with E-state index in [0.717, 1.165) is 105 Å². The summed E-state index contributed by atoms with van der Waals surface area (Å²) in [6, 6.07) is 24.2. The third-order valence-corrected chi connectivity index (χ3v) is 18.8. The lowest BCUT2D eigenvalue weighted by Crippen LogP contribution is -2.42. The van der Waals surface area contributed by atoms with E-state index in [1.165, 1.54) is 58.7 Å². The van der Waals surface area contributed by atoms with Crippen molar-refractivity contribution in [3.8, 4) is 5.75 Å². The first kappa shape index (κ1) is 82.4. The van der Waals surface area contributed by atoms with Gasteiger partial charge in [-0.05, 0) is 94.2 Å². The number of fused-ring (bicyclic) bond motifs is 2. The van der Waals surface area contributed by atoms with Gasteiger partial charge in [0.15, 0.2) is 23.3 Å². The van der Waals surface area contributed by atoms with Crippen molar-refractivity contribution in [2.24, 2.45) is 51.1 Å². The molecule has 0 unspecified atom stereocenters. The third kappa shape index (κ3) is 19.1. The molecule has 3 aromatic carbocycles. The lowest BCUT2D eigenvalue weighted by molar-refractivity contribution is 0.0988. The lowest BCUT2D eigenvalue weighted by Gasteiger charge is -2.11. The van der Waals surface area contributed by atoms with Crippen LogP contribution in [-0.4, -0.2) is 168 Å². The van der Waals surface area contributed by atoms with Gasteiger partial charge in [0.2, 0.25) is 0 Å². The number of thiophene rings is 1. The molecule has 604 valence electrons. The Morgan fingerprint density at radius 3 is 1.18 bits per heavy atom. The predicted molar refractivity (Wildman–Crippen MR) is 402 cm³/mol. The summed E-state index contributed by atoms with van der Waals surface area (Å²) in [7, 11) is 4.98. The van der Waals surface area contributed by atoms with E-state index in [4.69, 9.17) is 32.1 Å². The average Bonchev–Trinajstić information content (AvgIpc) is 1.06. The molecule has 13 aromatic rings. The van der Waals surface area contributed by atoms with Crippen LogP contribution in [0.25, 0.3) is 11.0 Å². The normalized spacial score (nSPS) is 12.6. The molecule has 4 amide bonds. The Kier molecular flexibility index (Phi) is 24.9. The molecule has 46 nitrogen and oxygen atoms in total. The van der Waals surface area contributed by atoms with Crippen LogP contribution in [0.15, 0.2) is 146 Å². The third-order valence-electron chi connectivity index (χ3n) is 17.7. The number of hydrogen-bond donors (Lipinski definition) is 8.